The van der Waals surface area contributed by atoms with Crippen LogP contribution in [-0.4, -0.2) is 9.97 Å². The molecule has 3 aromatic rings. The van der Waals surface area contributed by atoms with Crippen LogP contribution in [-0.2, 0) is 0 Å². The standard InChI is InChI=1S/C13H11N3O/c1-8-3-2-4-9(7-8)12-16-11-10(14)5-6-15-13(11)17-12/h2-7H,1H3,(H2,14,15). The highest BCUT2D eigenvalue weighted by Crippen LogP contribution is 2.26. The maximum Gasteiger partial charge on any atom is 0.249 e. The Kier molecular flexibility index (Phi) is 2.08. The number of aromatic nitrogens is 2. The summed E-state index contributed by atoms with van der Waals surface area (Å²) in [6.45, 7) is 2.03. The number of hydrogen-bond acceptors (Lipinski definition) is 4. The fourth-order valence-electron chi connectivity index (χ4n) is 1.75. The van der Waals surface area contributed by atoms with Gasteiger partial charge in [0.2, 0.25) is 11.6 Å². The average molecular weight is 225 g/mol. The van der Waals surface area contributed by atoms with Crippen molar-refractivity contribution in [3.8, 4) is 11.5 Å². The zero-order chi connectivity index (χ0) is 11.8. The molecule has 0 aliphatic rings. The Labute approximate surface area is 98.1 Å². The highest BCUT2D eigenvalue weighted by Gasteiger charge is 2.10. The van der Waals surface area contributed by atoms with Crippen molar-refractivity contribution < 1.29 is 4.42 Å². The highest BCUT2D eigenvalue weighted by molar-refractivity contribution is 5.84. The van der Waals surface area contributed by atoms with Gasteiger partial charge in [-0.3, -0.25) is 0 Å². The van der Waals surface area contributed by atoms with Crippen LogP contribution in [0.25, 0.3) is 22.7 Å². The van der Waals surface area contributed by atoms with Gasteiger partial charge in [0, 0.05) is 11.8 Å². The number of hydrogen-bond donors (Lipinski definition) is 1. The van der Waals surface area contributed by atoms with Crippen molar-refractivity contribution >= 4 is 16.9 Å². The zero-order valence-electron chi connectivity index (χ0n) is 9.34. The largest absolute Gasteiger partial charge is 0.418 e. The van der Waals surface area contributed by atoms with E-state index in [0.717, 1.165) is 11.1 Å². The molecule has 0 radical (unpaired) electrons. The maximum absolute atomic E-state index is 5.82. The number of aryl methyl sites for hydroxylation is 1. The third kappa shape index (κ3) is 1.63. The van der Waals surface area contributed by atoms with Crippen molar-refractivity contribution in [1.29, 1.82) is 0 Å². The summed E-state index contributed by atoms with van der Waals surface area (Å²) in [6, 6.07) is 9.68. The number of nitrogens with two attached hydrogens (primary N) is 1. The summed E-state index contributed by atoms with van der Waals surface area (Å²) in [4.78, 5) is 8.47. The van der Waals surface area contributed by atoms with Crippen molar-refractivity contribution in [1.82, 2.24) is 9.97 Å². The van der Waals surface area contributed by atoms with Crippen LogP contribution in [0.1, 0.15) is 5.56 Å². The van der Waals surface area contributed by atoms with E-state index in [2.05, 4.69) is 9.97 Å². The van der Waals surface area contributed by atoms with Gasteiger partial charge in [0.15, 0.2) is 5.52 Å². The second-order valence-corrected chi connectivity index (χ2v) is 3.94. The Morgan fingerprint density at radius 3 is 2.88 bits per heavy atom. The summed E-state index contributed by atoms with van der Waals surface area (Å²) in [5, 5.41) is 0. The number of rotatable bonds is 1. The summed E-state index contributed by atoms with van der Waals surface area (Å²) >= 11 is 0. The fourth-order valence-corrected chi connectivity index (χ4v) is 1.75. The van der Waals surface area contributed by atoms with Crippen molar-refractivity contribution in [2.45, 2.75) is 6.92 Å². The molecule has 1 aromatic carbocycles. The van der Waals surface area contributed by atoms with Crippen LogP contribution in [0.4, 0.5) is 5.69 Å². The predicted octanol–water partition coefficient (Wildman–Crippen LogP) is 2.78. The zero-order valence-corrected chi connectivity index (χ0v) is 9.34. The normalized spacial score (nSPS) is 10.9. The number of fused-ring (bicyclic) bond motifs is 1. The summed E-state index contributed by atoms with van der Waals surface area (Å²) in [5.74, 6) is 0.550. The average Bonchev–Trinajstić information content (AvgIpc) is 2.74. The molecule has 17 heavy (non-hydrogen) atoms. The first kappa shape index (κ1) is 9.84. The minimum atomic E-state index is 0.474. The first-order chi connectivity index (χ1) is 8.24. The SMILES string of the molecule is Cc1cccc(-c2nc3c(N)ccnc3o2)c1. The third-order valence-corrected chi connectivity index (χ3v) is 2.59. The molecule has 84 valence electrons. The number of nitrogen functional groups attached to an aromatic ring is 1. The van der Waals surface area contributed by atoms with Crippen molar-refractivity contribution in [2.24, 2.45) is 0 Å². The molecular formula is C13H11N3O. The van der Waals surface area contributed by atoms with Gasteiger partial charge in [-0.15, -0.1) is 0 Å². The van der Waals surface area contributed by atoms with Gasteiger partial charge in [0.05, 0.1) is 5.69 Å². The Morgan fingerprint density at radius 1 is 1.24 bits per heavy atom. The van der Waals surface area contributed by atoms with E-state index in [1.807, 2.05) is 31.2 Å². The first-order valence-corrected chi connectivity index (χ1v) is 5.32. The molecule has 0 saturated heterocycles. The van der Waals surface area contributed by atoms with Gasteiger partial charge in [-0.1, -0.05) is 17.7 Å². The minimum absolute atomic E-state index is 0.474. The number of oxazole rings is 1. The molecule has 0 fully saturated rings. The predicted molar refractivity (Wildman–Crippen MR) is 66.4 cm³/mol. The lowest BCUT2D eigenvalue weighted by Gasteiger charge is -1.95. The quantitative estimate of drug-likeness (QED) is 0.691. The summed E-state index contributed by atoms with van der Waals surface area (Å²) in [5.41, 5.74) is 9.58. The molecule has 0 aliphatic heterocycles. The van der Waals surface area contributed by atoms with E-state index in [-0.39, 0.29) is 0 Å². The lowest BCUT2D eigenvalue weighted by molar-refractivity contribution is 0.608. The molecule has 0 amide bonds. The lowest BCUT2D eigenvalue weighted by atomic mass is 10.1. The molecule has 4 heteroatoms. The van der Waals surface area contributed by atoms with Crippen LogP contribution >= 0.6 is 0 Å². The molecule has 4 nitrogen and oxygen atoms in total. The van der Waals surface area contributed by atoms with E-state index in [0.29, 0.717) is 22.8 Å². The van der Waals surface area contributed by atoms with Crippen LogP contribution in [0.15, 0.2) is 40.9 Å². The Hall–Kier alpha value is -2.36. The second kappa shape index (κ2) is 3.59. The van der Waals surface area contributed by atoms with Gasteiger partial charge in [-0.25, -0.2) is 9.97 Å². The summed E-state index contributed by atoms with van der Waals surface area (Å²) in [6.07, 6.45) is 1.61. The number of anilines is 1. The lowest BCUT2D eigenvalue weighted by Crippen LogP contribution is -1.86. The van der Waals surface area contributed by atoms with E-state index in [1.54, 1.807) is 12.3 Å². The molecule has 0 saturated carbocycles. The molecule has 0 unspecified atom stereocenters. The van der Waals surface area contributed by atoms with E-state index in [4.69, 9.17) is 10.2 Å². The van der Waals surface area contributed by atoms with E-state index < -0.39 is 0 Å². The van der Waals surface area contributed by atoms with Gasteiger partial charge < -0.3 is 10.2 Å². The molecule has 0 bridgehead atoms. The Bertz CT molecular complexity index is 688. The molecule has 0 spiro atoms. The van der Waals surface area contributed by atoms with Crippen molar-refractivity contribution in [3.05, 3.63) is 42.1 Å². The molecule has 3 rings (SSSR count). The van der Waals surface area contributed by atoms with Crippen LogP contribution in [0.5, 0.6) is 0 Å². The first-order valence-electron chi connectivity index (χ1n) is 5.32. The Balaban J connectivity index is 2.22. The van der Waals surface area contributed by atoms with Gasteiger partial charge in [0.25, 0.3) is 0 Å². The Morgan fingerprint density at radius 2 is 2.12 bits per heavy atom. The molecule has 2 aromatic heterocycles. The highest BCUT2D eigenvalue weighted by atomic mass is 16.4. The molecule has 2 heterocycles. The number of pyridine rings is 1. The smallest absolute Gasteiger partial charge is 0.249 e. The van der Waals surface area contributed by atoms with Gasteiger partial charge in [-0.05, 0) is 25.1 Å². The van der Waals surface area contributed by atoms with Crippen LogP contribution in [0.2, 0.25) is 0 Å². The van der Waals surface area contributed by atoms with Crippen LogP contribution < -0.4 is 5.73 Å². The van der Waals surface area contributed by atoms with Gasteiger partial charge in [0.1, 0.15) is 0 Å². The fraction of sp³-hybridized carbons (Fsp3) is 0.0769. The monoisotopic (exact) mass is 225 g/mol. The minimum Gasteiger partial charge on any atom is -0.418 e. The summed E-state index contributed by atoms with van der Waals surface area (Å²) < 4.78 is 5.59. The molecule has 0 atom stereocenters. The van der Waals surface area contributed by atoms with Crippen molar-refractivity contribution in [3.63, 3.8) is 0 Å². The second-order valence-electron chi connectivity index (χ2n) is 3.94. The topological polar surface area (TPSA) is 64.9 Å². The molecular weight excluding hydrogens is 214 g/mol. The van der Waals surface area contributed by atoms with Crippen LogP contribution in [0.3, 0.4) is 0 Å². The van der Waals surface area contributed by atoms with E-state index in [1.165, 1.54) is 0 Å². The molecule has 2 N–H and O–H groups in total. The van der Waals surface area contributed by atoms with E-state index >= 15 is 0 Å². The van der Waals surface area contributed by atoms with Crippen LogP contribution in [0, 0.1) is 6.92 Å². The van der Waals surface area contributed by atoms with Gasteiger partial charge in [-0.2, -0.15) is 0 Å². The number of benzene rings is 1. The third-order valence-electron chi connectivity index (χ3n) is 2.59. The molecule has 0 aliphatic carbocycles. The van der Waals surface area contributed by atoms with E-state index in [9.17, 15) is 0 Å². The summed E-state index contributed by atoms with van der Waals surface area (Å²) in [7, 11) is 0. The van der Waals surface area contributed by atoms with Crippen molar-refractivity contribution in [2.75, 3.05) is 5.73 Å². The number of nitrogens with zero attached hydrogens (tertiary/aromatic N) is 2. The van der Waals surface area contributed by atoms with Gasteiger partial charge >= 0.3 is 0 Å². The maximum atomic E-state index is 5.82.